The largest absolute Gasteiger partial charge is 0.330 e. The minimum absolute atomic E-state index is 0.752. The molecule has 1 aromatic heterocycles. The van der Waals surface area contributed by atoms with Crippen molar-refractivity contribution in [3.8, 4) is 0 Å². The molecule has 4 nitrogen and oxygen atoms in total. The predicted molar refractivity (Wildman–Crippen MR) is 72.8 cm³/mol. The molecule has 0 bridgehead atoms. The topological polar surface area (TPSA) is 33.1 Å². The van der Waals surface area contributed by atoms with Crippen LogP contribution in [0.15, 0.2) is 0 Å². The van der Waals surface area contributed by atoms with Gasteiger partial charge in [0.2, 0.25) is 0 Å². The number of nitrogens with one attached hydrogen (secondary N) is 1. The van der Waals surface area contributed by atoms with Gasteiger partial charge < -0.3 is 14.8 Å². The van der Waals surface area contributed by atoms with E-state index in [0.29, 0.717) is 0 Å². The molecular formula is C14H24N4. The Kier molecular flexibility index (Phi) is 3.39. The van der Waals surface area contributed by atoms with Crippen LogP contribution in [0.5, 0.6) is 0 Å². The fraction of sp³-hybridized carbons (Fsp3) is 0.786. The van der Waals surface area contributed by atoms with E-state index in [-0.39, 0.29) is 0 Å². The van der Waals surface area contributed by atoms with E-state index in [1.165, 1.54) is 30.1 Å². The monoisotopic (exact) mass is 248 g/mol. The Bertz CT molecular complexity index is 420. The highest BCUT2D eigenvalue weighted by Crippen LogP contribution is 2.40. The molecule has 0 amide bonds. The smallest absolute Gasteiger partial charge is 0.112 e. The van der Waals surface area contributed by atoms with E-state index in [2.05, 4.69) is 28.8 Å². The van der Waals surface area contributed by atoms with Crippen LogP contribution in [0.3, 0.4) is 0 Å². The Labute approximate surface area is 109 Å². The van der Waals surface area contributed by atoms with Gasteiger partial charge in [0.05, 0.1) is 5.69 Å². The summed E-state index contributed by atoms with van der Waals surface area (Å²) >= 11 is 0. The third-order valence-corrected chi connectivity index (χ3v) is 4.20. The van der Waals surface area contributed by atoms with E-state index in [0.717, 1.165) is 45.1 Å². The van der Waals surface area contributed by atoms with Crippen LogP contribution in [0.1, 0.15) is 42.9 Å². The number of fused-ring (bicyclic) bond motifs is 1. The first-order valence-electron chi connectivity index (χ1n) is 7.27. The zero-order valence-electron chi connectivity index (χ0n) is 11.6. The molecule has 0 atom stereocenters. The van der Waals surface area contributed by atoms with Gasteiger partial charge in [-0.05, 0) is 26.4 Å². The summed E-state index contributed by atoms with van der Waals surface area (Å²) in [4.78, 5) is 7.28. The summed E-state index contributed by atoms with van der Waals surface area (Å²) in [6, 6.07) is 0. The number of hydrogen-bond acceptors (Lipinski definition) is 3. The SMILES string of the molecule is CCN(C)CCn1c(C2CC2)nc2c1CCNC2. The number of nitrogens with zero attached hydrogens (tertiary/aromatic N) is 3. The average Bonchev–Trinajstić information content (AvgIpc) is 3.18. The molecule has 100 valence electrons. The normalized spacial score (nSPS) is 19.3. The fourth-order valence-electron chi connectivity index (χ4n) is 2.72. The summed E-state index contributed by atoms with van der Waals surface area (Å²) in [5.41, 5.74) is 2.81. The standard InChI is InChI=1S/C14H24N4/c1-3-17(2)8-9-18-13-6-7-15-10-12(13)16-14(18)11-4-5-11/h11,15H,3-10H2,1-2H3. The van der Waals surface area contributed by atoms with Crippen LogP contribution >= 0.6 is 0 Å². The second-order valence-corrected chi connectivity index (χ2v) is 5.61. The molecule has 1 aliphatic carbocycles. The molecule has 0 saturated heterocycles. The van der Waals surface area contributed by atoms with Crippen molar-refractivity contribution in [3.05, 3.63) is 17.2 Å². The molecule has 0 radical (unpaired) electrons. The van der Waals surface area contributed by atoms with Gasteiger partial charge in [-0.3, -0.25) is 0 Å². The van der Waals surface area contributed by atoms with Gasteiger partial charge in [0, 0.05) is 44.2 Å². The fourth-order valence-corrected chi connectivity index (χ4v) is 2.72. The molecule has 1 fully saturated rings. The first-order chi connectivity index (χ1) is 8.79. The molecule has 3 rings (SSSR count). The van der Waals surface area contributed by atoms with Crippen molar-refractivity contribution in [1.82, 2.24) is 19.8 Å². The van der Waals surface area contributed by atoms with Crippen molar-refractivity contribution >= 4 is 0 Å². The Morgan fingerprint density at radius 1 is 1.44 bits per heavy atom. The van der Waals surface area contributed by atoms with Gasteiger partial charge in [-0.2, -0.15) is 0 Å². The van der Waals surface area contributed by atoms with Crippen molar-refractivity contribution in [2.45, 2.75) is 45.2 Å². The number of likely N-dealkylation sites (N-methyl/N-ethyl adjacent to an activating group) is 1. The van der Waals surface area contributed by atoms with Gasteiger partial charge in [0.15, 0.2) is 0 Å². The zero-order chi connectivity index (χ0) is 12.5. The van der Waals surface area contributed by atoms with Crippen LogP contribution in [0, 0.1) is 0 Å². The predicted octanol–water partition coefficient (Wildman–Crippen LogP) is 1.36. The maximum atomic E-state index is 4.90. The van der Waals surface area contributed by atoms with Crippen molar-refractivity contribution in [2.75, 3.05) is 26.7 Å². The molecular weight excluding hydrogens is 224 g/mol. The van der Waals surface area contributed by atoms with Crippen LogP contribution in [-0.4, -0.2) is 41.1 Å². The summed E-state index contributed by atoms with van der Waals surface area (Å²) in [5.74, 6) is 2.12. The quantitative estimate of drug-likeness (QED) is 0.854. The lowest BCUT2D eigenvalue weighted by molar-refractivity contribution is 0.330. The lowest BCUT2D eigenvalue weighted by Crippen LogP contribution is -2.27. The molecule has 1 aliphatic heterocycles. The van der Waals surface area contributed by atoms with Gasteiger partial charge in [-0.1, -0.05) is 6.92 Å². The molecule has 0 unspecified atom stereocenters. The summed E-state index contributed by atoms with van der Waals surface area (Å²) in [6.45, 7) is 7.65. The minimum Gasteiger partial charge on any atom is -0.330 e. The van der Waals surface area contributed by atoms with Crippen molar-refractivity contribution < 1.29 is 0 Å². The molecule has 1 saturated carbocycles. The number of aromatic nitrogens is 2. The third-order valence-electron chi connectivity index (χ3n) is 4.20. The maximum Gasteiger partial charge on any atom is 0.112 e. The minimum atomic E-state index is 0.752. The highest BCUT2D eigenvalue weighted by molar-refractivity contribution is 5.24. The molecule has 1 aromatic rings. The number of hydrogen-bond donors (Lipinski definition) is 1. The highest BCUT2D eigenvalue weighted by atomic mass is 15.2. The van der Waals surface area contributed by atoms with E-state index in [1.54, 1.807) is 0 Å². The molecule has 2 aliphatic rings. The van der Waals surface area contributed by atoms with Crippen LogP contribution in [0.2, 0.25) is 0 Å². The van der Waals surface area contributed by atoms with Gasteiger partial charge in [0.1, 0.15) is 5.82 Å². The molecule has 18 heavy (non-hydrogen) atoms. The number of rotatable bonds is 5. The van der Waals surface area contributed by atoms with Gasteiger partial charge >= 0.3 is 0 Å². The Balaban J connectivity index is 1.82. The lowest BCUT2D eigenvalue weighted by Gasteiger charge is -2.19. The second-order valence-electron chi connectivity index (χ2n) is 5.61. The van der Waals surface area contributed by atoms with Crippen molar-refractivity contribution in [2.24, 2.45) is 0 Å². The molecule has 0 aromatic carbocycles. The maximum absolute atomic E-state index is 4.90. The summed E-state index contributed by atoms with van der Waals surface area (Å²) < 4.78 is 2.53. The van der Waals surface area contributed by atoms with Gasteiger partial charge in [-0.15, -0.1) is 0 Å². The van der Waals surface area contributed by atoms with E-state index in [9.17, 15) is 0 Å². The molecule has 0 spiro atoms. The first-order valence-corrected chi connectivity index (χ1v) is 7.27. The van der Waals surface area contributed by atoms with Crippen LogP contribution in [0.25, 0.3) is 0 Å². The van der Waals surface area contributed by atoms with Crippen LogP contribution in [0.4, 0.5) is 0 Å². The van der Waals surface area contributed by atoms with Crippen LogP contribution in [-0.2, 0) is 19.5 Å². The summed E-state index contributed by atoms with van der Waals surface area (Å²) in [5, 5.41) is 3.43. The first kappa shape index (κ1) is 12.2. The average molecular weight is 248 g/mol. The van der Waals surface area contributed by atoms with Crippen molar-refractivity contribution in [1.29, 1.82) is 0 Å². The summed E-state index contributed by atoms with van der Waals surface area (Å²) in [6.07, 6.45) is 3.82. The molecule has 1 N–H and O–H groups in total. The Morgan fingerprint density at radius 3 is 3.00 bits per heavy atom. The van der Waals surface area contributed by atoms with Gasteiger partial charge in [0.25, 0.3) is 0 Å². The summed E-state index contributed by atoms with van der Waals surface area (Å²) in [7, 11) is 2.20. The highest BCUT2D eigenvalue weighted by Gasteiger charge is 2.31. The third kappa shape index (κ3) is 2.31. The van der Waals surface area contributed by atoms with E-state index < -0.39 is 0 Å². The lowest BCUT2D eigenvalue weighted by atomic mass is 10.2. The second kappa shape index (κ2) is 5.02. The Hall–Kier alpha value is -0.870. The van der Waals surface area contributed by atoms with Gasteiger partial charge in [-0.25, -0.2) is 4.98 Å². The molecule has 2 heterocycles. The zero-order valence-corrected chi connectivity index (χ0v) is 11.6. The van der Waals surface area contributed by atoms with E-state index >= 15 is 0 Å². The van der Waals surface area contributed by atoms with Crippen LogP contribution < -0.4 is 5.32 Å². The van der Waals surface area contributed by atoms with E-state index in [1.807, 2.05) is 0 Å². The Morgan fingerprint density at radius 2 is 2.28 bits per heavy atom. The van der Waals surface area contributed by atoms with E-state index in [4.69, 9.17) is 4.98 Å². The number of imidazole rings is 1. The van der Waals surface area contributed by atoms with Crippen molar-refractivity contribution in [3.63, 3.8) is 0 Å². The molecule has 4 heteroatoms.